The fraction of sp³-hybridized carbons (Fsp3) is 0.235. The van der Waals surface area contributed by atoms with Gasteiger partial charge in [-0.1, -0.05) is 60.5 Å². The molecule has 1 aliphatic carbocycles. The predicted molar refractivity (Wildman–Crippen MR) is 84.4 cm³/mol. The van der Waals surface area contributed by atoms with Crippen LogP contribution in [0, 0.1) is 5.41 Å². The molecule has 0 saturated carbocycles. The zero-order valence-electron chi connectivity index (χ0n) is 11.5. The van der Waals surface area contributed by atoms with Crippen molar-refractivity contribution in [2.75, 3.05) is 0 Å². The first-order valence-corrected chi connectivity index (χ1v) is 7.46. The minimum Gasteiger partial charge on any atom is -0.506 e. The maximum absolute atomic E-state index is 12.8. The van der Waals surface area contributed by atoms with Gasteiger partial charge in [-0.25, -0.2) is 0 Å². The van der Waals surface area contributed by atoms with E-state index in [1.54, 1.807) is 6.07 Å². The third-order valence-electron chi connectivity index (χ3n) is 4.06. The summed E-state index contributed by atoms with van der Waals surface area (Å²) < 4.78 is 0. The summed E-state index contributed by atoms with van der Waals surface area (Å²) in [4.78, 5) is 12.8. The summed E-state index contributed by atoms with van der Waals surface area (Å²) in [6.45, 7) is 1.93. The first kappa shape index (κ1) is 14.4. The summed E-state index contributed by atoms with van der Waals surface area (Å²) in [6.07, 6.45) is 1.19. The summed E-state index contributed by atoms with van der Waals surface area (Å²) in [5.41, 5.74) is 1.78. The predicted octanol–water partition coefficient (Wildman–Crippen LogP) is 4.69. The molecule has 0 heterocycles. The zero-order chi connectivity index (χ0) is 15.2. The van der Waals surface area contributed by atoms with E-state index < -0.39 is 5.41 Å². The first-order valence-electron chi connectivity index (χ1n) is 6.71. The van der Waals surface area contributed by atoms with Gasteiger partial charge in [0.25, 0.3) is 0 Å². The van der Waals surface area contributed by atoms with Crippen molar-refractivity contribution in [2.24, 2.45) is 5.41 Å². The van der Waals surface area contributed by atoms with Gasteiger partial charge in [-0.15, -0.1) is 0 Å². The highest BCUT2D eigenvalue weighted by molar-refractivity contribution is 6.45. The van der Waals surface area contributed by atoms with Gasteiger partial charge in [-0.2, -0.15) is 0 Å². The average molecular weight is 321 g/mol. The molecule has 3 rings (SSSR count). The third-order valence-corrected chi connectivity index (χ3v) is 4.92. The number of Topliss-reactive ketones (excluding diaryl/α,β-unsaturated/α-hetero) is 1. The lowest BCUT2D eigenvalue weighted by atomic mass is 9.80. The van der Waals surface area contributed by atoms with E-state index in [-0.39, 0.29) is 21.6 Å². The van der Waals surface area contributed by atoms with Crippen LogP contribution in [0.1, 0.15) is 28.4 Å². The van der Waals surface area contributed by atoms with E-state index in [1.807, 2.05) is 37.3 Å². The summed E-state index contributed by atoms with van der Waals surface area (Å²) in [7, 11) is 0. The number of carbonyl (C=O) groups is 1. The van der Waals surface area contributed by atoms with E-state index in [9.17, 15) is 9.90 Å². The van der Waals surface area contributed by atoms with Crippen LogP contribution < -0.4 is 0 Å². The van der Waals surface area contributed by atoms with Crippen molar-refractivity contribution in [3.8, 4) is 5.75 Å². The Hall–Kier alpha value is -1.51. The van der Waals surface area contributed by atoms with Crippen molar-refractivity contribution in [2.45, 2.75) is 19.8 Å². The molecular weight excluding hydrogens is 307 g/mol. The van der Waals surface area contributed by atoms with E-state index in [0.29, 0.717) is 18.4 Å². The molecule has 2 nitrogen and oxygen atoms in total. The Morgan fingerprint density at radius 2 is 1.86 bits per heavy atom. The average Bonchev–Trinajstić information content (AvgIpc) is 2.69. The summed E-state index contributed by atoms with van der Waals surface area (Å²) in [5, 5.41) is 9.99. The normalized spacial score (nSPS) is 20.6. The van der Waals surface area contributed by atoms with Gasteiger partial charge in [0.2, 0.25) is 0 Å². The molecule has 1 atom stereocenters. The van der Waals surface area contributed by atoms with Crippen LogP contribution in [-0.2, 0) is 12.8 Å². The number of hydrogen-bond donors (Lipinski definition) is 1. The van der Waals surface area contributed by atoms with E-state index >= 15 is 0 Å². The Kier molecular flexibility index (Phi) is 3.46. The number of benzene rings is 2. The van der Waals surface area contributed by atoms with Crippen molar-refractivity contribution < 1.29 is 9.90 Å². The lowest BCUT2D eigenvalue weighted by Crippen LogP contribution is -2.26. The molecule has 2 aromatic rings. The molecule has 0 aromatic heterocycles. The number of phenols is 1. The molecule has 0 radical (unpaired) electrons. The lowest BCUT2D eigenvalue weighted by Gasteiger charge is -2.21. The monoisotopic (exact) mass is 320 g/mol. The minimum absolute atomic E-state index is 0.00625. The zero-order valence-corrected chi connectivity index (χ0v) is 13.0. The molecule has 0 bridgehead atoms. The third kappa shape index (κ3) is 2.33. The van der Waals surface area contributed by atoms with Crippen molar-refractivity contribution in [3.05, 3.63) is 63.1 Å². The highest BCUT2D eigenvalue weighted by Crippen LogP contribution is 2.46. The van der Waals surface area contributed by atoms with Crippen molar-refractivity contribution in [3.63, 3.8) is 0 Å². The Morgan fingerprint density at radius 3 is 2.52 bits per heavy atom. The molecule has 0 saturated heterocycles. The van der Waals surface area contributed by atoms with Crippen molar-refractivity contribution in [1.29, 1.82) is 0 Å². The Balaban J connectivity index is 2.02. The van der Waals surface area contributed by atoms with Gasteiger partial charge in [0, 0.05) is 11.0 Å². The highest BCUT2D eigenvalue weighted by Gasteiger charge is 2.43. The molecule has 1 unspecified atom stereocenters. The SMILES string of the molecule is CC1(Cc2ccccc2)Cc2cc(O)c(Cl)c(Cl)c2C1=O. The number of halogens is 2. The van der Waals surface area contributed by atoms with Crippen LogP contribution in [0.2, 0.25) is 10.0 Å². The molecule has 4 heteroatoms. The molecule has 1 aliphatic rings. The topological polar surface area (TPSA) is 37.3 Å². The smallest absolute Gasteiger partial charge is 0.171 e. The second-order valence-corrected chi connectivity index (χ2v) is 6.54. The van der Waals surface area contributed by atoms with Crippen LogP contribution in [0.5, 0.6) is 5.75 Å². The molecule has 108 valence electrons. The van der Waals surface area contributed by atoms with Crippen LogP contribution >= 0.6 is 23.2 Å². The van der Waals surface area contributed by atoms with Gasteiger partial charge in [0.05, 0.1) is 5.02 Å². The number of hydrogen-bond acceptors (Lipinski definition) is 2. The summed E-state index contributed by atoms with van der Waals surface area (Å²) >= 11 is 12.1. The van der Waals surface area contributed by atoms with E-state index in [2.05, 4.69) is 0 Å². The van der Waals surface area contributed by atoms with Gasteiger partial charge in [0.1, 0.15) is 10.8 Å². The van der Waals surface area contributed by atoms with Crippen molar-refractivity contribution in [1.82, 2.24) is 0 Å². The van der Waals surface area contributed by atoms with Crippen LogP contribution in [-0.4, -0.2) is 10.9 Å². The molecular formula is C17H14Cl2O2. The highest BCUT2D eigenvalue weighted by atomic mass is 35.5. The van der Waals surface area contributed by atoms with Gasteiger partial charge in [0.15, 0.2) is 5.78 Å². The second-order valence-electron chi connectivity index (χ2n) is 5.79. The van der Waals surface area contributed by atoms with Crippen LogP contribution in [0.4, 0.5) is 0 Å². The molecule has 2 aromatic carbocycles. The number of carbonyl (C=O) groups excluding carboxylic acids is 1. The van der Waals surface area contributed by atoms with E-state index in [1.165, 1.54) is 0 Å². The van der Waals surface area contributed by atoms with Gasteiger partial charge >= 0.3 is 0 Å². The Labute approximate surface area is 133 Å². The second kappa shape index (κ2) is 5.04. The largest absolute Gasteiger partial charge is 0.506 e. The molecule has 21 heavy (non-hydrogen) atoms. The molecule has 1 N–H and O–H groups in total. The maximum atomic E-state index is 12.8. The minimum atomic E-state index is -0.551. The number of fused-ring (bicyclic) bond motifs is 1. The Bertz CT molecular complexity index is 725. The number of phenolic OH excluding ortho intramolecular Hbond substituents is 1. The Morgan fingerprint density at radius 1 is 1.19 bits per heavy atom. The summed E-state index contributed by atoms with van der Waals surface area (Å²) in [5.74, 6) is -0.0783. The number of ketones is 1. The quantitative estimate of drug-likeness (QED) is 0.871. The number of aromatic hydroxyl groups is 1. The maximum Gasteiger partial charge on any atom is 0.171 e. The summed E-state index contributed by atoms with van der Waals surface area (Å²) in [6, 6.07) is 11.4. The fourth-order valence-corrected chi connectivity index (χ4v) is 3.49. The lowest BCUT2D eigenvalue weighted by molar-refractivity contribution is 0.0842. The van der Waals surface area contributed by atoms with Crippen molar-refractivity contribution >= 4 is 29.0 Å². The first-order chi connectivity index (χ1) is 9.92. The van der Waals surface area contributed by atoms with Crippen LogP contribution in [0.25, 0.3) is 0 Å². The molecule has 0 spiro atoms. The number of rotatable bonds is 2. The standard InChI is InChI=1S/C17H14Cl2O2/c1-17(8-10-5-3-2-4-6-10)9-11-7-12(20)14(18)15(19)13(11)16(17)21/h2-7,20H,8-9H2,1H3. The molecule has 0 aliphatic heterocycles. The van der Waals surface area contributed by atoms with Crippen LogP contribution in [0.3, 0.4) is 0 Å². The van der Waals surface area contributed by atoms with Gasteiger partial charge in [-0.3, -0.25) is 4.79 Å². The van der Waals surface area contributed by atoms with E-state index in [4.69, 9.17) is 23.2 Å². The molecule has 0 fully saturated rings. The fourth-order valence-electron chi connectivity index (χ4n) is 3.04. The van der Waals surface area contributed by atoms with Gasteiger partial charge in [-0.05, 0) is 30.0 Å². The molecule has 0 amide bonds. The van der Waals surface area contributed by atoms with Gasteiger partial charge < -0.3 is 5.11 Å². The van der Waals surface area contributed by atoms with Crippen LogP contribution in [0.15, 0.2) is 36.4 Å². The van der Waals surface area contributed by atoms with E-state index in [0.717, 1.165) is 11.1 Å².